The van der Waals surface area contributed by atoms with Crippen LogP contribution in [0.25, 0.3) is 22.0 Å². The standard InChI is InChI=1S/C21H18ClFN4O/c1-2-20(28)26-6-8-27(9-7-26)21-17-11-18(22)16(12-19(17)24-13-25-21)14-4-3-5-15(23)10-14/h2-5,10-13H,1,6-9H2. The van der Waals surface area contributed by atoms with Crippen LogP contribution in [0.15, 0.2) is 55.4 Å². The van der Waals surface area contributed by atoms with Gasteiger partial charge in [0.15, 0.2) is 0 Å². The van der Waals surface area contributed by atoms with Gasteiger partial charge in [0, 0.05) is 42.2 Å². The molecule has 28 heavy (non-hydrogen) atoms. The second-order valence-corrected chi connectivity index (χ2v) is 6.98. The first-order valence-corrected chi connectivity index (χ1v) is 9.31. The van der Waals surface area contributed by atoms with Crippen LogP contribution in [0.3, 0.4) is 0 Å². The second-order valence-electron chi connectivity index (χ2n) is 6.57. The SMILES string of the molecule is C=CC(=O)N1CCN(c2ncnc3cc(-c4cccc(F)c4)c(Cl)cc23)CC1. The molecule has 142 valence electrons. The molecule has 7 heteroatoms. The molecule has 2 heterocycles. The normalized spacial score (nSPS) is 14.4. The van der Waals surface area contributed by atoms with E-state index in [4.69, 9.17) is 11.6 Å². The number of piperazine rings is 1. The van der Waals surface area contributed by atoms with Gasteiger partial charge in [-0.2, -0.15) is 0 Å². The Balaban J connectivity index is 1.69. The van der Waals surface area contributed by atoms with E-state index in [1.807, 2.05) is 18.2 Å². The molecule has 2 aromatic carbocycles. The molecule has 0 bridgehead atoms. The van der Waals surface area contributed by atoms with E-state index in [0.717, 1.165) is 22.3 Å². The Hall–Kier alpha value is -2.99. The van der Waals surface area contributed by atoms with Crippen molar-refractivity contribution in [2.45, 2.75) is 0 Å². The Morgan fingerprint density at radius 1 is 1.14 bits per heavy atom. The third-order valence-corrected chi connectivity index (χ3v) is 5.22. The van der Waals surface area contributed by atoms with Crippen LogP contribution in [-0.2, 0) is 4.79 Å². The molecule has 0 spiro atoms. The number of halogens is 2. The van der Waals surface area contributed by atoms with Gasteiger partial charge < -0.3 is 9.80 Å². The van der Waals surface area contributed by atoms with Crippen molar-refractivity contribution in [2.75, 3.05) is 31.1 Å². The van der Waals surface area contributed by atoms with E-state index < -0.39 is 0 Å². The van der Waals surface area contributed by atoms with Crippen molar-refractivity contribution in [3.63, 3.8) is 0 Å². The summed E-state index contributed by atoms with van der Waals surface area (Å²) < 4.78 is 13.6. The average Bonchev–Trinajstić information content (AvgIpc) is 2.72. The van der Waals surface area contributed by atoms with E-state index in [1.54, 1.807) is 11.0 Å². The lowest BCUT2D eigenvalue weighted by Crippen LogP contribution is -2.48. The van der Waals surface area contributed by atoms with Crippen molar-refractivity contribution in [3.8, 4) is 11.1 Å². The maximum Gasteiger partial charge on any atom is 0.246 e. The maximum absolute atomic E-state index is 13.6. The Bertz CT molecular complexity index is 1060. The van der Waals surface area contributed by atoms with Crippen molar-refractivity contribution in [3.05, 3.63) is 66.2 Å². The molecule has 0 unspecified atom stereocenters. The summed E-state index contributed by atoms with van der Waals surface area (Å²) in [5.74, 6) is 0.405. The molecule has 1 saturated heterocycles. The lowest BCUT2D eigenvalue weighted by molar-refractivity contribution is -0.126. The van der Waals surface area contributed by atoms with Crippen molar-refractivity contribution < 1.29 is 9.18 Å². The third-order valence-electron chi connectivity index (χ3n) is 4.90. The minimum atomic E-state index is -0.316. The summed E-state index contributed by atoms with van der Waals surface area (Å²) in [6.07, 6.45) is 2.85. The molecule has 1 aliphatic rings. The molecule has 1 aromatic heterocycles. The Morgan fingerprint density at radius 3 is 2.64 bits per heavy atom. The summed E-state index contributed by atoms with van der Waals surface area (Å²) in [5.41, 5.74) is 2.15. The second kappa shape index (κ2) is 7.56. The number of benzene rings is 2. The number of amides is 1. The highest BCUT2D eigenvalue weighted by Gasteiger charge is 2.22. The highest BCUT2D eigenvalue weighted by atomic mass is 35.5. The molecule has 1 amide bonds. The van der Waals surface area contributed by atoms with Crippen LogP contribution in [0.4, 0.5) is 10.2 Å². The number of nitrogens with zero attached hydrogens (tertiary/aromatic N) is 4. The quantitative estimate of drug-likeness (QED) is 0.629. The molecule has 1 fully saturated rings. The van der Waals surface area contributed by atoms with E-state index in [0.29, 0.717) is 36.8 Å². The summed E-state index contributed by atoms with van der Waals surface area (Å²) in [6.45, 7) is 6.07. The Kier molecular flexibility index (Phi) is 4.96. The van der Waals surface area contributed by atoms with Crippen molar-refractivity contribution in [1.29, 1.82) is 0 Å². The van der Waals surface area contributed by atoms with Gasteiger partial charge >= 0.3 is 0 Å². The number of fused-ring (bicyclic) bond motifs is 1. The van der Waals surface area contributed by atoms with Gasteiger partial charge in [0.1, 0.15) is 18.0 Å². The van der Waals surface area contributed by atoms with Gasteiger partial charge in [0.05, 0.1) is 5.52 Å². The van der Waals surface area contributed by atoms with E-state index in [1.165, 1.54) is 24.5 Å². The van der Waals surface area contributed by atoms with Crippen molar-refractivity contribution in [2.24, 2.45) is 0 Å². The number of carbonyl (C=O) groups excluding carboxylic acids is 1. The zero-order chi connectivity index (χ0) is 19.7. The Morgan fingerprint density at radius 2 is 1.93 bits per heavy atom. The van der Waals surface area contributed by atoms with Gasteiger partial charge in [0.25, 0.3) is 0 Å². The summed E-state index contributed by atoms with van der Waals surface area (Å²) in [7, 11) is 0. The minimum Gasteiger partial charge on any atom is -0.352 e. The number of carbonyl (C=O) groups is 1. The topological polar surface area (TPSA) is 49.3 Å². The molecule has 0 saturated carbocycles. The highest BCUT2D eigenvalue weighted by molar-refractivity contribution is 6.34. The van der Waals surface area contributed by atoms with E-state index >= 15 is 0 Å². The Labute approximate surface area is 167 Å². The van der Waals surface area contributed by atoms with Gasteiger partial charge in [0.2, 0.25) is 5.91 Å². The molecule has 0 atom stereocenters. The fraction of sp³-hybridized carbons (Fsp3) is 0.190. The fourth-order valence-electron chi connectivity index (χ4n) is 3.46. The zero-order valence-electron chi connectivity index (χ0n) is 15.1. The summed E-state index contributed by atoms with van der Waals surface area (Å²) in [6, 6.07) is 10.00. The van der Waals surface area contributed by atoms with Crippen LogP contribution in [0.1, 0.15) is 0 Å². The van der Waals surface area contributed by atoms with E-state index in [-0.39, 0.29) is 11.7 Å². The lowest BCUT2D eigenvalue weighted by Gasteiger charge is -2.35. The fourth-order valence-corrected chi connectivity index (χ4v) is 3.73. The van der Waals surface area contributed by atoms with Crippen molar-refractivity contribution >= 4 is 34.2 Å². The monoisotopic (exact) mass is 396 g/mol. The number of aromatic nitrogens is 2. The van der Waals surface area contributed by atoms with Crippen LogP contribution in [-0.4, -0.2) is 47.0 Å². The minimum absolute atomic E-state index is 0.0602. The van der Waals surface area contributed by atoms with E-state index in [2.05, 4.69) is 21.4 Å². The third kappa shape index (κ3) is 3.43. The van der Waals surface area contributed by atoms with Gasteiger partial charge in [-0.15, -0.1) is 0 Å². The first-order chi connectivity index (χ1) is 13.6. The van der Waals surface area contributed by atoms with Crippen molar-refractivity contribution in [1.82, 2.24) is 14.9 Å². The molecule has 5 nitrogen and oxygen atoms in total. The predicted octanol–water partition coefficient (Wildman–Crippen LogP) is 3.92. The highest BCUT2D eigenvalue weighted by Crippen LogP contribution is 2.34. The number of anilines is 1. The van der Waals surface area contributed by atoms with Crippen LogP contribution in [0.5, 0.6) is 0 Å². The maximum atomic E-state index is 13.6. The van der Waals surface area contributed by atoms with Crippen LogP contribution in [0, 0.1) is 5.82 Å². The van der Waals surface area contributed by atoms with E-state index in [9.17, 15) is 9.18 Å². The molecule has 4 rings (SSSR count). The largest absolute Gasteiger partial charge is 0.352 e. The molecule has 3 aromatic rings. The molecule has 0 N–H and O–H groups in total. The molecular weight excluding hydrogens is 379 g/mol. The number of hydrogen-bond acceptors (Lipinski definition) is 4. The van der Waals surface area contributed by atoms with Gasteiger partial charge in [-0.1, -0.05) is 30.3 Å². The van der Waals surface area contributed by atoms with Gasteiger partial charge in [-0.05, 0) is 35.9 Å². The molecule has 0 aliphatic carbocycles. The lowest BCUT2D eigenvalue weighted by atomic mass is 10.0. The molecular formula is C21H18ClFN4O. The summed E-state index contributed by atoms with van der Waals surface area (Å²) in [5, 5.41) is 1.34. The average molecular weight is 397 g/mol. The van der Waals surface area contributed by atoms with Crippen LogP contribution >= 0.6 is 11.6 Å². The number of rotatable bonds is 3. The number of hydrogen-bond donors (Lipinski definition) is 0. The first-order valence-electron chi connectivity index (χ1n) is 8.93. The van der Waals surface area contributed by atoms with Crippen LogP contribution < -0.4 is 4.90 Å². The van der Waals surface area contributed by atoms with Crippen LogP contribution in [0.2, 0.25) is 5.02 Å². The molecule has 0 radical (unpaired) electrons. The first kappa shape index (κ1) is 18.4. The molecule has 1 aliphatic heterocycles. The smallest absolute Gasteiger partial charge is 0.246 e. The van der Waals surface area contributed by atoms with Gasteiger partial charge in [-0.25, -0.2) is 14.4 Å². The summed E-state index contributed by atoms with van der Waals surface area (Å²) in [4.78, 5) is 24.5. The zero-order valence-corrected chi connectivity index (χ0v) is 15.9. The predicted molar refractivity (Wildman–Crippen MR) is 109 cm³/mol. The summed E-state index contributed by atoms with van der Waals surface area (Å²) >= 11 is 6.52. The van der Waals surface area contributed by atoms with Gasteiger partial charge in [-0.3, -0.25) is 4.79 Å².